The van der Waals surface area contributed by atoms with E-state index in [0.29, 0.717) is 5.76 Å². The number of hydrogen-bond acceptors (Lipinski definition) is 2. The van der Waals surface area contributed by atoms with E-state index in [1.807, 2.05) is 66.7 Å². The van der Waals surface area contributed by atoms with Crippen molar-refractivity contribution in [3.63, 3.8) is 0 Å². The SMILES string of the molecule is O=c1cc(-c2ccccc2)oc(C(Cc2ccccc2)Cc2ccccc2)c1. The van der Waals surface area contributed by atoms with Crippen LogP contribution in [-0.4, -0.2) is 0 Å². The van der Waals surface area contributed by atoms with E-state index >= 15 is 0 Å². The van der Waals surface area contributed by atoms with Gasteiger partial charge in [0, 0.05) is 23.6 Å². The lowest BCUT2D eigenvalue weighted by atomic mass is 9.90. The van der Waals surface area contributed by atoms with Crippen LogP contribution in [0, 0.1) is 0 Å². The first-order chi connectivity index (χ1) is 13.8. The highest BCUT2D eigenvalue weighted by atomic mass is 16.3. The maximum atomic E-state index is 12.4. The molecule has 138 valence electrons. The van der Waals surface area contributed by atoms with Crippen LogP contribution in [0.5, 0.6) is 0 Å². The minimum Gasteiger partial charge on any atom is -0.460 e. The molecule has 28 heavy (non-hydrogen) atoms. The molecule has 2 heteroatoms. The molecule has 2 nitrogen and oxygen atoms in total. The second-order valence-electron chi connectivity index (χ2n) is 7.00. The third kappa shape index (κ3) is 4.47. The first kappa shape index (κ1) is 18.0. The van der Waals surface area contributed by atoms with Crippen LogP contribution < -0.4 is 5.43 Å². The van der Waals surface area contributed by atoms with Crippen molar-refractivity contribution in [3.05, 3.63) is 130 Å². The number of rotatable bonds is 6. The lowest BCUT2D eigenvalue weighted by Gasteiger charge is -2.17. The fourth-order valence-corrected chi connectivity index (χ4v) is 3.51. The zero-order valence-electron chi connectivity index (χ0n) is 15.6. The maximum absolute atomic E-state index is 12.4. The van der Waals surface area contributed by atoms with Crippen molar-refractivity contribution in [2.45, 2.75) is 18.8 Å². The number of hydrogen-bond donors (Lipinski definition) is 0. The van der Waals surface area contributed by atoms with Crippen molar-refractivity contribution in [1.29, 1.82) is 0 Å². The van der Waals surface area contributed by atoms with Crippen molar-refractivity contribution in [3.8, 4) is 11.3 Å². The van der Waals surface area contributed by atoms with Crippen molar-refractivity contribution in [2.75, 3.05) is 0 Å². The molecule has 0 aliphatic rings. The van der Waals surface area contributed by atoms with E-state index in [-0.39, 0.29) is 11.3 Å². The molecule has 0 atom stereocenters. The zero-order chi connectivity index (χ0) is 19.2. The lowest BCUT2D eigenvalue weighted by molar-refractivity contribution is 0.451. The minimum absolute atomic E-state index is 0.0220. The van der Waals surface area contributed by atoms with Gasteiger partial charge in [-0.05, 0) is 24.0 Å². The summed E-state index contributed by atoms with van der Waals surface area (Å²) in [6.45, 7) is 0. The molecule has 0 fully saturated rings. The van der Waals surface area contributed by atoms with E-state index in [0.717, 1.165) is 24.2 Å². The molecule has 0 saturated carbocycles. The molecule has 0 spiro atoms. The summed E-state index contributed by atoms with van der Waals surface area (Å²) in [6.07, 6.45) is 1.63. The summed E-state index contributed by atoms with van der Waals surface area (Å²) in [5, 5.41) is 0. The molecule has 1 heterocycles. The quantitative estimate of drug-likeness (QED) is 0.427. The van der Waals surface area contributed by atoms with Gasteiger partial charge in [0.15, 0.2) is 5.43 Å². The Morgan fingerprint density at radius 2 is 1.14 bits per heavy atom. The normalized spacial score (nSPS) is 10.9. The average Bonchev–Trinajstić information content (AvgIpc) is 2.75. The first-order valence-electron chi connectivity index (χ1n) is 9.56. The molecule has 0 bridgehead atoms. The van der Waals surface area contributed by atoms with Gasteiger partial charge >= 0.3 is 0 Å². The maximum Gasteiger partial charge on any atom is 0.185 e. The van der Waals surface area contributed by atoms with E-state index in [9.17, 15) is 4.79 Å². The topological polar surface area (TPSA) is 30.2 Å². The van der Waals surface area contributed by atoms with Gasteiger partial charge < -0.3 is 4.42 Å². The van der Waals surface area contributed by atoms with Gasteiger partial charge in [-0.25, -0.2) is 0 Å². The fraction of sp³-hybridized carbons (Fsp3) is 0.115. The highest BCUT2D eigenvalue weighted by Gasteiger charge is 2.18. The molecule has 0 aliphatic heterocycles. The van der Waals surface area contributed by atoms with Gasteiger partial charge in [0.25, 0.3) is 0 Å². The lowest BCUT2D eigenvalue weighted by Crippen LogP contribution is -2.11. The summed E-state index contributed by atoms with van der Waals surface area (Å²) in [7, 11) is 0. The molecular weight excluding hydrogens is 344 g/mol. The smallest absolute Gasteiger partial charge is 0.185 e. The predicted octanol–water partition coefficient (Wildman–Crippen LogP) is 5.88. The molecule has 3 aromatic carbocycles. The second kappa shape index (κ2) is 8.53. The van der Waals surface area contributed by atoms with Gasteiger partial charge in [0.1, 0.15) is 11.5 Å². The summed E-state index contributed by atoms with van der Waals surface area (Å²) in [5.74, 6) is 1.44. The summed E-state index contributed by atoms with van der Waals surface area (Å²) in [5.41, 5.74) is 3.36. The Bertz CT molecular complexity index is 1030. The molecule has 1 aromatic heterocycles. The van der Waals surface area contributed by atoms with Crippen LogP contribution in [0.25, 0.3) is 11.3 Å². The van der Waals surface area contributed by atoms with Crippen molar-refractivity contribution < 1.29 is 4.42 Å². The fourth-order valence-electron chi connectivity index (χ4n) is 3.51. The molecule has 0 aliphatic carbocycles. The third-order valence-corrected chi connectivity index (χ3v) is 4.90. The molecule has 4 aromatic rings. The van der Waals surface area contributed by atoms with E-state index in [1.54, 1.807) is 12.1 Å². The summed E-state index contributed by atoms with van der Waals surface area (Å²) < 4.78 is 6.25. The van der Waals surface area contributed by atoms with Gasteiger partial charge in [-0.2, -0.15) is 0 Å². The first-order valence-corrected chi connectivity index (χ1v) is 9.56. The van der Waals surface area contributed by atoms with Crippen LogP contribution >= 0.6 is 0 Å². The van der Waals surface area contributed by atoms with E-state index in [1.165, 1.54) is 11.1 Å². The van der Waals surface area contributed by atoms with Crippen molar-refractivity contribution in [2.24, 2.45) is 0 Å². The standard InChI is InChI=1S/C26H22O2/c27-24-18-25(22-14-8-3-9-15-22)28-26(19-24)23(16-20-10-4-1-5-11-20)17-21-12-6-2-7-13-21/h1-15,18-19,23H,16-17H2. The number of benzene rings is 3. The van der Waals surface area contributed by atoms with Crippen LogP contribution in [0.15, 0.2) is 112 Å². The summed E-state index contributed by atoms with van der Waals surface area (Å²) in [6, 6.07) is 33.7. The zero-order valence-corrected chi connectivity index (χ0v) is 15.6. The highest BCUT2D eigenvalue weighted by Crippen LogP contribution is 2.28. The van der Waals surface area contributed by atoms with E-state index in [2.05, 4.69) is 24.3 Å². The predicted molar refractivity (Wildman–Crippen MR) is 113 cm³/mol. The minimum atomic E-state index is -0.0220. The van der Waals surface area contributed by atoms with Crippen molar-refractivity contribution >= 4 is 0 Å². The highest BCUT2D eigenvalue weighted by molar-refractivity contribution is 5.56. The van der Waals surface area contributed by atoms with Gasteiger partial charge in [-0.3, -0.25) is 4.79 Å². The molecule has 0 saturated heterocycles. The van der Waals surface area contributed by atoms with Gasteiger partial charge in [-0.1, -0.05) is 91.0 Å². The molecule has 0 unspecified atom stereocenters. The molecule has 4 rings (SSSR count). The molecule has 0 amide bonds. The average molecular weight is 366 g/mol. The summed E-state index contributed by atoms with van der Waals surface area (Å²) >= 11 is 0. The monoisotopic (exact) mass is 366 g/mol. The largest absolute Gasteiger partial charge is 0.460 e. The van der Waals surface area contributed by atoms with E-state index < -0.39 is 0 Å². The Morgan fingerprint density at radius 1 is 0.643 bits per heavy atom. The van der Waals surface area contributed by atoms with E-state index in [4.69, 9.17) is 4.42 Å². The van der Waals surface area contributed by atoms with Crippen LogP contribution in [0.3, 0.4) is 0 Å². The third-order valence-electron chi connectivity index (χ3n) is 4.90. The van der Waals surface area contributed by atoms with Crippen LogP contribution in [0.2, 0.25) is 0 Å². The van der Waals surface area contributed by atoms with Gasteiger partial charge in [-0.15, -0.1) is 0 Å². The molecule has 0 radical (unpaired) electrons. The van der Waals surface area contributed by atoms with Crippen LogP contribution in [-0.2, 0) is 12.8 Å². The Kier molecular flexibility index (Phi) is 5.48. The Morgan fingerprint density at radius 3 is 1.68 bits per heavy atom. The molecular formula is C26H22O2. The van der Waals surface area contributed by atoms with Crippen molar-refractivity contribution in [1.82, 2.24) is 0 Å². The van der Waals surface area contributed by atoms with Gasteiger partial charge in [0.2, 0.25) is 0 Å². The Labute approximate surface area is 165 Å². The van der Waals surface area contributed by atoms with Crippen LogP contribution in [0.1, 0.15) is 22.8 Å². The second-order valence-corrected chi connectivity index (χ2v) is 7.00. The van der Waals surface area contributed by atoms with Gasteiger partial charge in [0.05, 0.1) is 0 Å². The Hall–Kier alpha value is -3.39. The Balaban J connectivity index is 1.73. The summed E-state index contributed by atoms with van der Waals surface area (Å²) in [4.78, 5) is 12.4. The van der Waals surface area contributed by atoms with Crippen LogP contribution in [0.4, 0.5) is 0 Å². The molecule has 0 N–H and O–H groups in total.